The Morgan fingerprint density at radius 2 is 1.55 bits per heavy atom. The lowest BCUT2D eigenvalue weighted by molar-refractivity contribution is -0.333. The molecule has 4 aliphatic rings. The third kappa shape index (κ3) is 5.24. The standard InChI is InChI=1S/C22H38O11/c1-30-15-4-9(2-3-12(15)25)21-16(7-11-13(26)5-10(24)6-14(11)31-21)32-22-20(29)19(28)18(27)17(8-23)33-22/h9-29H,2-8H2,1H3/t9?,10?,11?,12?,13?,14?,15?,16?,17-,18-,19+,20-,21?,22-/m1/s1. The van der Waals surface area contributed by atoms with Gasteiger partial charge in [-0.25, -0.2) is 0 Å². The van der Waals surface area contributed by atoms with Gasteiger partial charge in [-0.2, -0.15) is 0 Å². The number of rotatable bonds is 5. The maximum Gasteiger partial charge on any atom is 0.187 e. The van der Waals surface area contributed by atoms with Gasteiger partial charge < -0.3 is 54.7 Å². The van der Waals surface area contributed by atoms with Gasteiger partial charge in [0, 0.05) is 13.0 Å². The van der Waals surface area contributed by atoms with E-state index in [4.69, 9.17) is 18.9 Å². The van der Waals surface area contributed by atoms with E-state index >= 15 is 0 Å². The first-order valence-electron chi connectivity index (χ1n) is 11.9. The van der Waals surface area contributed by atoms with Crippen LogP contribution in [0.2, 0.25) is 0 Å². The molecule has 11 nitrogen and oxygen atoms in total. The molecule has 0 aromatic carbocycles. The highest BCUT2D eigenvalue weighted by atomic mass is 16.7. The molecule has 2 aliphatic heterocycles. The molecule has 11 heteroatoms. The second kappa shape index (κ2) is 10.7. The zero-order valence-corrected chi connectivity index (χ0v) is 18.8. The fourth-order valence-corrected chi connectivity index (χ4v) is 5.99. The maximum atomic E-state index is 10.6. The Hall–Kier alpha value is -0.440. The Morgan fingerprint density at radius 3 is 2.24 bits per heavy atom. The van der Waals surface area contributed by atoms with Crippen LogP contribution in [-0.4, -0.2) is 123 Å². The molecular formula is C22H38O11. The molecule has 0 amide bonds. The summed E-state index contributed by atoms with van der Waals surface area (Å²) in [5.74, 6) is -0.336. The molecular weight excluding hydrogens is 440 g/mol. The molecule has 192 valence electrons. The molecule has 0 aromatic rings. The monoisotopic (exact) mass is 478 g/mol. The molecule has 9 unspecified atom stereocenters. The summed E-state index contributed by atoms with van der Waals surface area (Å²) < 4.78 is 23.5. The first kappa shape index (κ1) is 25.6. The quantitative estimate of drug-likeness (QED) is 0.225. The second-order valence-corrected chi connectivity index (χ2v) is 10.0. The number of methoxy groups -OCH3 is 1. The maximum absolute atomic E-state index is 10.6. The van der Waals surface area contributed by atoms with E-state index in [1.807, 2.05) is 0 Å². The van der Waals surface area contributed by atoms with E-state index in [2.05, 4.69) is 0 Å². The summed E-state index contributed by atoms with van der Waals surface area (Å²) in [6.07, 6.45) is -8.13. The van der Waals surface area contributed by atoms with E-state index in [-0.39, 0.29) is 30.5 Å². The average Bonchev–Trinajstić information content (AvgIpc) is 2.79. The number of hydrogen-bond acceptors (Lipinski definition) is 11. The minimum atomic E-state index is -1.56. The van der Waals surface area contributed by atoms with Gasteiger partial charge in [0.05, 0.1) is 49.3 Å². The zero-order valence-electron chi connectivity index (χ0n) is 18.8. The fourth-order valence-electron chi connectivity index (χ4n) is 5.99. The van der Waals surface area contributed by atoms with Gasteiger partial charge in [-0.15, -0.1) is 0 Å². The summed E-state index contributed by atoms with van der Waals surface area (Å²) in [6.45, 7) is -0.563. The Balaban J connectivity index is 1.54. The van der Waals surface area contributed by atoms with E-state index in [1.165, 1.54) is 0 Å². The molecule has 2 aliphatic carbocycles. The van der Waals surface area contributed by atoms with E-state index in [9.17, 15) is 35.7 Å². The lowest BCUT2D eigenvalue weighted by atomic mass is 9.72. The predicted octanol–water partition coefficient (Wildman–Crippen LogP) is -2.36. The van der Waals surface area contributed by atoms with Crippen LogP contribution in [0.4, 0.5) is 0 Å². The molecule has 0 radical (unpaired) electrons. The van der Waals surface area contributed by atoms with Gasteiger partial charge in [0.1, 0.15) is 24.4 Å². The summed E-state index contributed by atoms with van der Waals surface area (Å²) in [5.41, 5.74) is 0. The van der Waals surface area contributed by atoms with Crippen molar-refractivity contribution >= 4 is 0 Å². The van der Waals surface area contributed by atoms with Crippen molar-refractivity contribution in [1.82, 2.24) is 0 Å². The molecule has 7 N–H and O–H groups in total. The van der Waals surface area contributed by atoms with Gasteiger partial charge in [0.25, 0.3) is 0 Å². The number of aliphatic hydroxyl groups excluding tert-OH is 7. The number of fused-ring (bicyclic) bond motifs is 1. The van der Waals surface area contributed by atoms with Gasteiger partial charge in [0.15, 0.2) is 6.29 Å². The Bertz CT molecular complexity index is 635. The van der Waals surface area contributed by atoms with Crippen LogP contribution in [0.15, 0.2) is 0 Å². The molecule has 14 atom stereocenters. The number of ether oxygens (including phenoxy) is 4. The Labute approximate surface area is 192 Å². The predicted molar refractivity (Wildman–Crippen MR) is 111 cm³/mol. The smallest absolute Gasteiger partial charge is 0.187 e. The molecule has 2 heterocycles. The van der Waals surface area contributed by atoms with Crippen LogP contribution in [0.1, 0.15) is 38.5 Å². The normalized spacial score (nSPS) is 53.5. The van der Waals surface area contributed by atoms with Crippen molar-refractivity contribution in [2.75, 3.05) is 13.7 Å². The van der Waals surface area contributed by atoms with E-state index in [0.717, 1.165) is 0 Å². The van der Waals surface area contributed by atoms with Crippen molar-refractivity contribution in [3.05, 3.63) is 0 Å². The van der Waals surface area contributed by atoms with Crippen molar-refractivity contribution in [3.8, 4) is 0 Å². The minimum absolute atomic E-state index is 0.0506. The third-order valence-electron chi connectivity index (χ3n) is 7.91. The second-order valence-electron chi connectivity index (χ2n) is 10.0. The third-order valence-corrected chi connectivity index (χ3v) is 7.91. The lowest BCUT2D eigenvalue weighted by Gasteiger charge is -2.51. The molecule has 4 fully saturated rings. The highest BCUT2D eigenvalue weighted by Crippen LogP contribution is 2.43. The SMILES string of the molecule is COC1CC(C2OC3CC(O)CC(O)C3CC2O[C@@H]2O[C@H](CO)[C@@H](O)[C@H](O)[C@H]2O)CCC1O. The molecule has 2 saturated carbocycles. The highest BCUT2D eigenvalue weighted by molar-refractivity contribution is 4.99. The topological polar surface area (TPSA) is 179 Å². The molecule has 2 saturated heterocycles. The van der Waals surface area contributed by atoms with Gasteiger partial charge in [0.2, 0.25) is 0 Å². The molecule has 0 spiro atoms. The summed E-state index contributed by atoms with van der Waals surface area (Å²) in [4.78, 5) is 0. The van der Waals surface area contributed by atoms with Crippen LogP contribution < -0.4 is 0 Å². The van der Waals surface area contributed by atoms with Crippen LogP contribution in [0, 0.1) is 11.8 Å². The van der Waals surface area contributed by atoms with Crippen LogP contribution in [0.5, 0.6) is 0 Å². The van der Waals surface area contributed by atoms with E-state index in [1.54, 1.807) is 7.11 Å². The van der Waals surface area contributed by atoms with Crippen LogP contribution in [0.25, 0.3) is 0 Å². The van der Waals surface area contributed by atoms with Gasteiger partial charge in [-0.1, -0.05) is 0 Å². The van der Waals surface area contributed by atoms with Crippen LogP contribution in [0.3, 0.4) is 0 Å². The summed E-state index contributed by atoms with van der Waals surface area (Å²) in [7, 11) is 1.55. The molecule has 4 rings (SSSR count). The van der Waals surface area contributed by atoms with Crippen molar-refractivity contribution in [2.45, 2.75) is 112 Å². The molecule has 33 heavy (non-hydrogen) atoms. The number of aliphatic hydroxyl groups is 7. The van der Waals surface area contributed by atoms with Crippen LogP contribution in [-0.2, 0) is 18.9 Å². The zero-order chi connectivity index (χ0) is 23.9. The minimum Gasteiger partial charge on any atom is -0.394 e. The van der Waals surface area contributed by atoms with Crippen molar-refractivity contribution in [1.29, 1.82) is 0 Å². The van der Waals surface area contributed by atoms with Crippen molar-refractivity contribution in [3.63, 3.8) is 0 Å². The van der Waals surface area contributed by atoms with Gasteiger partial charge in [-0.3, -0.25) is 0 Å². The van der Waals surface area contributed by atoms with Crippen molar-refractivity contribution < 1.29 is 54.7 Å². The summed E-state index contributed by atoms with van der Waals surface area (Å²) in [5, 5.41) is 71.1. The molecule has 0 bridgehead atoms. The Kier molecular flexibility index (Phi) is 8.29. The molecule has 0 aromatic heterocycles. The highest BCUT2D eigenvalue weighted by Gasteiger charge is 2.51. The lowest BCUT2D eigenvalue weighted by Crippen LogP contribution is -2.62. The van der Waals surface area contributed by atoms with E-state index < -0.39 is 67.8 Å². The van der Waals surface area contributed by atoms with Crippen molar-refractivity contribution in [2.24, 2.45) is 11.8 Å². The van der Waals surface area contributed by atoms with Gasteiger partial charge >= 0.3 is 0 Å². The summed E-state index contributed by atoms with van der Waals surface area (Å²) >= 11 is 0. The summed E-state index contributed by atoms with van der Waals surface area (Å²) in [6, 6.07) is 0. The van der Waals surface area contributed by atoms with E-state index in [0.29, 0.717) is 32.1 Å². The largest absolute Gasteiger partial charge is 0.394 e. The number of hydrogen-bond donors (Lipinski definition) is 7. The van der Waals surface area contributed by atoms with Crippen LogP contribution >= 0.6 is 0 Å². The Morgan fingerprint density at radius 1 is 0.788 bits per heavy atom. The van der Waals surface area contributed by atoms with Gasteiger partial charge in [-0.05, 0) is 44.4 Å². The first-order valence-corrected chi connectivity index (χ1v) is 11.9. The average molecular weight is 479 g/mol. The first-order chi connectivity index (χ1) is 15.7. The fraction of sp³-hybridized carbons (Fsp3) is 1.00.